The predicted molar refractivity (Wildman–Crippen MR) is 68.8 cm³/mol. The molecule has 106 valence electrons. The van der Waals surface area contributed by atoms with Crippen LogP contribution in [-0.4, -0.2) is 41.8 Å². The van der Waals surface area contributed by atoms with Gasteiger partial charge in [-0.15, -0.1) is 0 Å². The number of nitrogens with two attached hydrogens (primary N) is 1. The van der Waals surface area contributed by atoms with Crippen LogP contribution in [-0.2, 0) is 14.4 Å². The first kappa shape index (κ1) is 14.0. The Morgan fingerprint density at radius 1 is 1.32 bits per heavy atom. The van der Waals surface area contributed by atoms with Crippen LogP contribution >= 0.6 is 0 Å². The molecule has 19 heavy (non-hydrogen) atoms. The zero-order valence-corrected chi connectivity index (χ0v) is 11.4. The van der Waals surface area contributed by atoms with Gasteiger partial charge in [-0.25, -0.2) is 0 Å². The van der Waals surface area contributed by atoms with Crippen LogP contribution in [0.1, 0.15) is 32.6 Å². The summed E-state index contributed by atoms with van der Waals surface area (Å²) in [6.07, 6.45) is 2.45. The van der Waals surface area contributed by atoms with Gasteiger partial charge in [0.2, 0.25) is 11.8 Å². The Kier molecular flexibility index (Phi) is 3.89. The van der Waals surface area contributed by atoms with E-state index in [0.717, 1.165) is 17.7 Å². The van der Waals surface area contributed by atoms with E-state index in [1.54, 1.807) is 0 Å². The molecule has 0 aromatic carbocycles. The summed E-state index contributed by atoms with van der Waals surface area (Å²) in [7, 11) is 1.44. The molecular formula is C13H21N3O3. The fourth-order valence-corrected chi connectivity index (χ4v) is 3.03. The standard InChI is InChI=1S/C13H21N3O3/c1-7-3-8(5-9(14)4-7)12(18)15-10-6-11(17)16(2)13(10)19/h7-10H,3-6,14H2,1-2H3,(H,15,18). The Labute approximate surface area is 112 Å². The van der Waals surface area contributed by atoms with E-state index >= 15 is 0 Å². The molecule has 6 heteroatoms. The van der Waals surface area contributed by atoms with E-state index in [-0.39, 0.29) is 36.1 Å². The Bertz CT molecular complexity index is 400. The minimum absolute atomic E-state index is 0.0445. The maximum atomic E-state index is 12.2. The second kappa shape index (κ2) is 5.28. The normalized spacial score (nSPS) is 35.6. The van der Waals surface area contributed by atoms with Gasteiger partial charge < -0.3 is 11.1 Å². The molecule has 2 fully saturated rings. The molecule has 3 amide bonds. The summed E-state index contributed by atoms with van der Waals surface area (Å²) in [6, 6.07) is -0.651. The van der Waals surface area contributed by atoms with Crippen LogP contribution in [0.4, 0.5) is 0 Å². The molecule has 0 aromatic heterocycles. The average Bonchev–Trinajstić information content (AvgIpc) is 2.56. The molecule has 0 spiro atoms. The highest BCUT2D eigenvalue weighted by Crippen LogP contribution is 2.28. The van der Waals surface area contributed by atoms with Gasteiger partial charge in [0.25, 0.3) is 5.91 Å². The summed E-state index contributed by atoms with van der Waals surface area (Å²) in [5, 5.41) is 2.69. The molecule has 3 N–H and O–H groups in total. The number of imide groups is 1. The fraction of sp³-hybridized carbons (Fsp3) is 0.769. The SMILES string of the molecule is CC1CC(N)CC(C(=O)NC2CC(=O)N(C)C2=O)C1. The van der Waals surface area contributed by atoms with Crippen molar-refractivity contribution < 1.29 is 14.4 Å². The average molecular weight is 267 g/mol. The van der Waals surface area contributed by atoms with Crippen LogP contribution in [0, 0.1) is 11.8 Å². The largest absolute Gasteiger partial charge is 0.344 e. The van der Waals surface area contributed by atoms with Crippen molar-refractivity contribution in [3.8, 4) is 0 Å². The van der Waals surface area contributed by atoms with E-state index in [2.05, 4.69) is 12.2 Å². The van der Waals surface area contributed by atoms with Crippen molar-refractivity contribution in [1.82, 2.24) is 10.2 Å². The van der Waals surface area contributed by atoms with Crippen molar-refractivity contribution in [1.29, 1.82) is 0 Å². The number of likely N-dealkylation sites (tertiary alicyclic amines) is 1. The lowest BCUT2D eigenvalue weighted by atomic mass is 9.79. The smallest absolute Gasteiger partial charge is 0.252 e. The first-order valence-electron chi connectivity index (χ1n) is 6.74. The van der Waals surface area contributed by atoms with Gasteiger partial charge in [0.15, 0.2) is 0 Å². The van der Waals surface area contributed by atoms with Crippen molar-refractivity contribution in [3.63, 3.8) is 0 Å². The van der Waals surface area contributed by atoms with Crippen LogP contribution in [0.2, 0.25) is 0 Å². The van der Waals surface area contributed by atoms with Crippen LogP contribution in [0.15, 0.2) is 0 Å². The Balaban J connectivity index is 1.94. The highest BCUT2D eigenvalue weighted by Gasteiger charge is 2.38. The fourth-order valence-electron chi connectivity index (χ4n) is 3.03. The van der Waals surface area contributed by atoms with Gasteiger partial charge in [-0.3, -0.25) is 19.3 Å². The minimum Gasteiger partial charge on any atom is -0.344 e. The van der Waals surface area contributed by atoms with Crippen molar-refractivity contribution in [3.05, 3.63) is 0 Å². The second-order valence-electron chi connectivity index (χ2n) is 5.83. The van der Waals surface area contributed by atoms with Crippen molar-refractivity contribution in [2.45, 2.75) is 44.7 Å². The number of likely N-dealkylation sites (N-methyl/N-ethyl adjacent to an activating group) is 1. The molecule has 2 aliphatic rings. The molecule has 4 unspecified atom stereocenters. The molecule has 1 saturated heterocycles. The first-order valence-corrected chi connectivity index (χ1v) is 6.74. The summed E-state index contributed by atoms with van der Waals surface area (Å²) in [4.78, 5) is 36.3. The number of hydrogen-bond donors (Lipinski definition) is 2. The lowest BCUT2D eigenvalue weighted by molar-refractivity contribution is -0.138. The van der Waals surface area contributed by atoms with Crippen LogP contribution < -0.4 is 11.1 Å². The monoisotopic (exact) mass is 267 g/mol. The molecule has 6 nitrogen and oxygen atoms in total. The van der Waals surface area contributed by atoms with Gasteiger partial charge in [-0.2, -0.15) is 0 Å². The lowest BCUT2D eigenvalue weighted by Gasteiger charge is -2.30. The van der Waals surface area contributed by atoms with E-state index in [1.807, 2.05) is 0 Å². The number of rotatable bonds is 2. The first-order chi connectivity index (χ1) is 8.88. The lowest BCUT2D eigenvalue weighted by Crippen LogP contribution is -2.46. The van der Waals surface area contributed by atoms with Gasteiger partial charge in [0.1, 0.15) is 6.04 Å². The molecule has 1 saturated carbocycles. The molecule has 0 radical (unpaired) electrons. The number of amides is 3. The highest BCUT2D eigenvalue weighted by atomic mass is 16.2. The van der Waals surface area contributed by atoms with E-state index in [9.17, 15) is 14.4 Å². The van der Waals surface area contributed by atoms with E-state index < -0.39 is 6.04 Å². The molecule has 1 aliphatic heterocycles. The van der Waals surface area contributed by atoms with Gasteiger partial charge in [0.05, 0.1) is 6.42 Å². The second-order valence-corrected chi connectivity index (χ2v) is 5.83. The summed E-state index contributed by atoms with van der Waals surface area (Å²) >= 11 is 0. The van der Waals surface area contributed by atoms with E-state index in [0.29, 0.717) is 12.3 Å². The quantitative estimate of drug-likeness (QED) is 0.667. The van der Waals surface area contributed by atoms with Crippen molar-refractivity contribution >= 4 is 17.7 Å². The molecular weight excluding hydrogens is 246 g/mol. The third-order valence-corrected chi connectivity index (χ3v) is 4.05. The number of carbonyl (C=O) groups excluding carboxylic acids is 3. The summed E-state index contributed by atoms with van der Waals surface area (Å²) in [6.45, 7) is 2.08. The van der Waals surface area contributed by atoms with Gasteiger partial charge in [0, 0.05) is 19.0 Å². The molecule has 0 aromatic rings. The minimum atomic E-state index is -0.696. The van der Waals surface area contributed by atoms with Crippen LogP contribution in [0.25, 0.3) is 0 Å². The van der Waals surface area contributed by atoms with Crippen LogP contribution in [0.5, 0.6) is 0 Å². The topological polar surface area (TPSA) is 92.5 Å². The number of nitrogens with zero attached hydrogens (tertiary/aromatic N) is 1. The maximum Gasteiger partial charge on any atom is 0.252 e. The zero-order chi connectivity index (χ0) is 14.2. The number of carbonyl (C=O) groups is 3. The van der Waals surface area contributed by atoms with Gasteiger partial charge >= 0.3 is 0 Å². The number of nitrogens with one attached hydrogen (secondary N) is 1. The molecule has 1 aliphatic carbocycles. The van der Waals surface area contributed by atoms with Crippen LogP contribution in [0.3, 0.4) is 0 Å². The predicted octanol–water partition coefficient (Wildman–Crippen LogP) is -0.377. The van der Waals surface area contributed by atoms with Gasteiger partial charge in [-0.1, -0.05) is 6.92 Å². The van der Waals surface area contributed by atoms with Crippen molar-refractivity contribution in [2.75, 3.05) is 7.05 Å². The Morgan fingerprint density at radius 2 is 2.00 bits per heavy atom. The molecule has 2 rings (SSSR count). The molecule has 4 atom stereocenters. The van der Waals surface area contributed by atoms with Gasteiger partial charge in [-0.05, 0) is 25.2 Å². The Hall–Kier alpha value is -1.43. The highest BCUT2D eigenvalue weighted by molar-refractivity contribution is 6.06. The summed E-state index contributed by atoms with van der Waals surface area (Å²) in [5.41, 5.74) is 5.92. The number of hydrogen-bond acceptors (Lipinski definition) is 4. The third kappa shape index (κ3) is 2.94. The Morgan fingerprint density at radius 3 is 2.53 bits per heavy atom. The summed E-state index contributed by atoms with van der Waals surface area (Å²) < 4.78 is 0. The zero-order valence-electron chi connectivity index (χ0n) is 11.4. The van der Waals surface area contributed by atoms with E-state index in [1.165, 1.54) is 7.05 Å². The van der Waals surface area contributed by atoms with Crippen molar-refractivity contribution in [2.24, 2.45) is 17.6 Å². The third-order valence-electron chi connectivity index (χ3n) is 4.05. The summed E-state index contributed by atoms with van der Waals surface area (Å²) in [5.74, 6) is -0.449. The maximum absolute atomic E-state index is 12.2. The molecule has 1 heterocycles. The van der Waals surface area contributed by atoms with E-state index in [4.69, 9.17) is 5.73 Å². The molecule has 0 bridgehead atoms.